The van der Waals surface area contributed by atoms with Crippen LogP contribution in [0.5, 0.6) is 5.75 Å². The molecule has 0 aromatic heterocycles. The average Bonchev–Trinajstić information content (AvgIpc) is 2.28. The Morgan fingerprint density at radius 3 is 2.88 bits per heavy atom. The zero-order chi connectivity index (χ0) is 12.8. The Labute approximate surface area is 99.0 Å². The van der Waals surface area contributed by atoms with Crippen molar-refractivity contribution in [2.24, 2.45) is 5.11 Å². The van der Waals surface area contributed by atoms with Crippen LogP contribution in [0.2, 0.25) is 0 Å². The number of azide groups is 1. The lowest BCUT2D eigenvalue weighted by molar-refractivity contribution is 0.101. The first kappa shape index (κ1) is 12.8. The predicted octanol–water partition coefficient (Wildman–Crippen LogP) is 3.23. The van der Waals surface area contributed by atoms with Gasteiger partial charge in [-0.25, -0.2) is 0 Å². The second-order valence-electron chi connectivity index (χ2n) is 3.60. The zero-order valence-electron chi connectivity index (χ0n) is 9.71. The van der Waals surface area contributed by atoms with E-state index in [0.29, 0.717) is 5.56 Å². The fourth-order valence-corrected chi connectivity index (χ4v) is 1.44. The van der Waals surface area contributed by atoms with Crippen molar-refractivity contribution in [1.29, 1.82) is 0 Å². The lowest BCUT2D eigenvalue weighted by Gasteiger charge is -2.06. The summed E-state index contributed by atoms with van der Waals surface area (Å²) in [6, 6.07) is 3.17. The fraction of sp³-hybridized carbons (Fsp3) is 0.250. The summed E-state index contributed by atoms with van der Waals surface area (Å²) in [5, 5.41) is 13.0. The van der Waals surface area contributed by atoms with Crippen molar-refractivity contribution < 1.29 is 9.90 Å². The SMILES string of the molecule is CC(=O)c1cc(C)c(C=CCN=[N+]=[N-])cc1O. The third kappa shape index (κ3) is 3.36. The van der Waals surface area contributed by atoms with Gasteiger partial charge in [-0.2, -0.15) is 0 Å². The Bertz CT molecular complexity index is 515. The minimum atomic E-state index is -0.171. The first-order chi connectivity index (χ1) is 8.06. The first-order valence-electron chi connectivity index (χ1n) is 5.08. The number of hydrogen-bond donors (Lipinski definition) is 1. The van der Waals surface area contributed by atoms with Gasteiger partial charge in [-0.05, 0) is 42.6 Å². The Kier molecular flexibility index (Phi) is 4.31. The number of aromatic hydroxyl groups is 1. The van der Waals surface area contributed by atoms with E-state index in [1.165, 1.54) is 13.0 Å². The molecule has 0 heterocycles. The highest BCUT2D eigenvalue weighted by Crippen LogP contribution is 2.23. The zero-order valence-corrected chi connectivity index (χ0v) is 9.71. The third-order valence-electron chi connectivity index (χ3n) is 2.31. The van der Waals surface area contributed by atoms with Crippen LogP contribution in [-0.2, 0) is 0 Å². The highest BCUT2D eigenvalue weighted by Gasteiger charge is 2.08. The highest BCUT2D eigenvalue weighted by atomic mass is 16.3. The van der Waals surface area contributed by atoms with E-state index in [9.17, 15) is 9.90 Å². The molecule has 5 heteroatoms. The molecule has 1 aromatic rings. The number of carbonyl (C=O) groups excluding carboxylic acids is 1. The summed E-state index contributed by atoms with van der Waals surface area (Å²) in [4.78, 5) is 13.8. The Hall–Kier alpha value is -2.26. The van der Waals surface area contributed by atoms with Gasteiger partial charge in [0.2, 0.25) is 0 Å². The number of benzene rings is 1. The number of phenolic OH excluding ortho intramolecular Hbond substituents is 1. The molecule has 0 atom stereocenters. The van der Waals surface area contributed by atoms with Gasteiger partial charge in [0.05, 0.1) is 5.56 Å². The molecule has 88 valence electrons. The molecule has 0 unspecified atom stereocenters. The summed E-state index contributed by atoms with van der Waals surface area (Å²) in [5.74, 6) is -0.207. The van der Waals surface area contributed by atoms with Crippen LogP contribution >= 0.6 is 0 Å². The van der Waals surface area contributed by atoms with Crippen molar-refractivity contribution in [3.63, 3.8) is 0 Å². The van der Waals surface area contributed by atoms with Crippen LogP contribution in [0.15, 0.2) is 23.3 Å². The number of phenols is 1. The van der Waals surface area contributed by atoms with Crippen LogP contribution in [0.3, 0.4) is 0 Å². The number of Topliss-reactive ketones (excluding diaryl/α,β-unsaturated/α-hetero) is 1. The van der Waals surface area contributed by atoms with Crippen LogP contribution < -0.4 is 0 Å². The predicted molar refractivity (Wildman–Crippen MR) is 65.9 cm³/mol. The van der Waals surface area contributed by atoms with Gasteiger partial charge in [0.1, 0.15) is 5.75 Å². The van der Waals surface area contributed by atoms with E-state index in [-0.39, 0.29) is 18.1 Å². The number of nitrogens with zero attached hydrogens (tertiary/aromatic N) is 3. The average molecular weight is 231 g/mol. The maximum Gasteiger partial charge on any atom is 0.163 e. The number of ketones is 1. The van der Waals surface area contributed by atoms with E-state index in [2.05, 4.69) is 10.0 Å². The Balaban J connectivity index is 3.03. The minimum Gasteiger partial charge on any atom is -0.507 e. The van der Waals surface area contributed by atoms with E-state index < -0.39 is 0 Å². The van der Waals surface area contributed by atoms with Gasteiger partial charge in [0, 0.05) is 11.5 Å². The lowest BCUT2D eigenvalue weighted by atomic mass is 10.0. The normalized spacial score (nSPS) is 10.2. The van der Waals surface area contributed by atoms with Crippen molar-refractivity contribution >= 4 is 11.9 Å². The van der Waals surface area contributed by atoms with E-state index >= 15 is 0 Å². The summed E-state index contributed by atoms with van der Waals surface area (Å²) < 4.78 is 0. The van der Waals surface area contributed by atoms with Gasteiger partial charge < -0.3 is 5.11 Å². The van der Waals surface area contributed by atoms with Crippen LogP contribution in [0, 0.1) is 6.92 Å². The van der Waals surface area contributed by atoms with Crippen molar-refractivity contribution in [3.05, 3.63) is 45.3 Å². The number of carbonyl (C=O) groups is 1. The number of aryl methyl sites for hydroxylation is 1. The Morgan fingerprint density at radius 1 is 1.59 bits per heavy atom. The third-order valence-corrected chi connectivity index (χ3v) is 2.31. The van der Waals surface area contributed by atoms with Crippen LogP contribution in [0.4, 0.5) is 0 Å². The molecule has 0 saturated carbocycles. The van der Waals surface area contributed by atoms with Gasteiger partial charge in [0.25, 0.3) is 0 Å². The van der Waals surface area contributed by atoms with Gasteiger partial charge in [-0.1, -0.05) is 17.3 Å². The maximum absolute atomic E-state index is 11.2. The van der Waals surface area contributed by atoms with Crippen LogP contribution in [0.1, 0.15) is 28.4 Å². The fourth-order valence-electron chi connectivity index (χ4n) is 1.44. The molecule has 1 N–H and O–H groups in total. The summed E-state index contributed by atoms with van der Waals surface area (Å²) in [5.41, 5.74) is 10.1. The maximum atomic E-state index is 11.2. The van der Waals surface area contributed by atoms with Crippen molar-refractivity contribution in [1.82, 2.24) is 0 Å². The van der Waals surface area contributed by atoms with Crippen molar-refractivity contribution in [2.45, 2.75) is 13.8 Å². The van der Waals surface area contributed by atoms with E-state index in [1.54, 1.807) is 18.2 Å². The van der Waals surface area contributed by atoms with Gasteiger partial charge in [-0.3, -0.25) is 4.79 Å². The van der Waals surface area contributed by atoms with Crippen molar-refractivity contribution in [3.8, 4) is 5.75 Å². The van der Waals surface area contributed by atoms with Crippen LogP contribution in [0.25, 0.3) is 16.5 Å². The molecule has 1 aromatic carbocycles. The smallest absolute Gasteiger partial charge is 0.163 e. The van der Waals surface area contributed by atoms with Gasteiger partial charge in [0.15, 0.2) is 5.78 Å². The summed E-state index contributed by atoms with van der Waals surface area (Å²) in [6.07, 6.45) is 3.43. The monoisotopic (exact) mass is 231 g/mol. The quantitative estimate of drug-likeness (QED) is 0.373. The molecule has 0 saturated heterocycles. The molecule has 0 fully saturated rings. The Morgan fingerprint density at radius 2 is 2.29 bits per heavy atom. The van der Waals surface area contributed by atoms with Gasteiger partial charge >= 0.3 is 0 Å². The minimum absolute atomic E-state index is 0.0356. The lowest BCUT2D eigenvalue weighted by Crippen LogP contribution is -1.95. The van der Waals surface area contributed by atoms with E-state index in [0.717, 1.165) is 11.1 Å². The molecule has 0 aliphatic carbocycles. The molecule has 0 spiro atoms. The number of rotatable bonds is 4. The van der Waals surface area contributed by atoms with Crippen LogP contribution in [-0.4, -0.2) is 17.4 Å². The molecule has 0 radical (unpaired) electrons. The first-order valence-corrected chi connectivity index (χ1v) is 5.08. The molecule has 1 rings (SSSR count). The standard InChI is InChI=1S/C12H13N3O2/c1-8-6-11(9(2)16)12(17)7-10(8)4-3-5-14-15-13/h3-4,6-7,17H,5H2,1-2H3. The molecular formula is C12H13N3O2. The molecule has 0 bridgehead atoms. The summed E-state index contributed by atoms with van der Waals surface area (Å²) in [6.45, 7) is 3.51. The molecule has 5 nitrogen and oxygen atoms in total. The highest BCUT2D eigenvalue weighted by molar-refractivity contribution is 5.97. The molecule has 17 heavy (non-hydrogen) atoms. The molecular weight excluding hydrogens is 218 g/mol. The van der Waals surface area contributed by atoms with E-state index in [1.807, 2.05) is 6.92 Å². The number of hydrogen-bond acceptors (Lipinski definition) is 3. The molecule has 0 aliphatic heterocycles. The molecule has 0 aliphatic rings. The summed E-state index contributed by atoms with van der Waals surface area (Å²) in [7, 11) is 0. The topological polar surface area (TPSA) is 86.1 Å². The largest absolute Gasteiger partial charge is 0.507 e. The van der Waals surface area contributed by atoms with E-state index in [4.69, 9.17) is 5.53 Å². The van der Waals surface area contributed by atoms with Crippen molar-refractivity contribution in [2.75, 3.05) is 6.54 Å². The van der Waals surface area contributed by atoms with Gasteiger partial charge in [-0.15, -0.1) is 0 Å². The molecule has 0 amide bonds. The second kappa shape index (κ2) is 5.72. The summed E-state index contributed by atoms with van der Waals surface area (Å²) >= 11 is 0. The second-order valence-corrected chi connectivity index (χ2v) is 3.60.